The van der Waals surface area contributed by atoms with Crippen molar-refractivity contribution in [2.45, 2.75) is 5.75 Å². The van der Waals surface area contributed by atoms with Crippen molar-refractivity contribution in [1.82, 2.24) is 5.32 Å². The van der Waals surface area contributed by atoms with Crippen molar-refractivity contribution >= 4 is 58.0 Å². The van der Waals surface area contributed by atoms with Crippen molar-refractivity contribution in [3.8, 4) is 0 Å². The highest BCUT2D eigenvalue weighted by atomic mass is 35.5. The highest BCUT2D eigenvalue weighted by Crippen LogP contribution is 2.24. The Morgan fingerprint density at radius 3 is 2.81 bits per heavy atom. The second kappa shape index (κ2) is 8.54. The molecule has 21 heavy (non-hydrogen) atoms. The molecule has 1 heterocycles. The molecule has 3 nitrogen and oxygen atoms in total. The lowest BCUT2D eigenvalue weighted by molar-refractivity contribution is 0.252. The fourth-order valence-corrected chi connectivity index (χ4v) is 3.55. The van der Waals surface area contributed by atoms with Crippen LogP contribution in [0.4, 0.5) is 10.5 Å². The third kappa shape index (κ3) is 5.79. The van der Waals surface area contributed by atoms with Crippen LogP contribution in [0.15, 0.2) is 35.7 Å². The predicted molar refractivity (Wildman–Crippen MR) is 94.0 cm³/mol. The van der Waals surface area contributed by atoms with Gasteiger partial charge in [-0.15, -0.1) is 11.3 Å². The Labute approximate surface area is 142 Å². The Hall–Kier alpha value is -0.880. The van der Waals surface area contributed by atoms with Gasteiger partial charge < -0.3 is 10.6 Å². The summed E-state index contributed by atoms with van der Waals surface area (Å²) >= 11 is 15.2. The second-order valence-corrected chi connectivity index (χ2v) is 7.09. The number of amides is 2. The normalized spacial score (nSPS) is 10.4. The highest BCUT2D eigenvalue weighted by Gasteiger charge is 2.03. The van der Waals surface area contributed by atoms with Gasteiger partial charge in [0.05, 0.1) is 10.0 Å². The lowest BCUT2D eigenvalue weighted by atomic mass is 10.3. The SMILES string of the molecule is O=C(NCCSCc1cccs1)Nc1ccc(Cl)c(Cl)c1. The van der Waals surface area contributed by atoms with Crippen LogP contribution in [0.2, 0.25) is 10.0 Å². The van der Waals surface area contributed by atoms with Gasteiger partial charge in [0.1, 0.15) is 0 Å². The van der Waals surface area contributed by atoms with E-state index in [4.69, 9.17) is 23.2 Å². The molecule has 0 atom stereocenters. The van der Waals surface area contributed by atoms with Gasteiger partial charge in [-0.25, -0.2) is 4.79 Å². The summed E-state index contributed by atoms with van der Waals surface area (Å²) in [7, 11) is 0. The van der Waals surface area contributed by atoms with E-state index in [0.29, 0.717) is 22.3 Å². The predicted octanol–water partition coefficient (Wildman–Crippen LogP) is 5.11. The zero-order chi connectivity index (χ0) is 15.1. The first kappa shape index (κ1) is 16.5. The van der Waals surface area contributed by atoms with Crippen LogP contribution in [0.5, 0.6) is 0 Å². The van der Waals surface area contributed by atoms with E-state index in [9.17, 15) is 4.79 Å². The molecule has 2 amide bonds. The van der Waals surface area contributed by atoms with Crippen LogP contribution in [0.1, 0.15) is 4.88 Å². The number of nitrogens with one attached hydrogen (secondary N) is 2. The van der Waals surface area contributed by atoms with E-state index < -0.39 is 0 Å². The van der Waals surface area contributed by atoms with Gasteiger partial charge in [-0.2, -0.15) is 11.8 Å². The van der Waals surface area contributed by atoms with Gasteiger partial charge in [0.2, 0.25) is 0 Å². The smallest absolute Gasteiger partial charge is 0.319 e. The van der Waals surface area contributed by atoms with E-state index in [0.717, 1.165) is 11.5 Å². The van der Waals surface area contributed by atoms with Crippen molar-refractivity contribution in [3.05, 3.63) is 50.6 Å². The lowest BCUT2D eigenvalue weighted by Gasteiger charge is -2.08. The van der Waals surface area contributed by atoms with Crippen LogP contribution >= 0.6 is 46.3 Å². The molecule has 0 fully saturated rings. The van der Waals surface area contributed by atoms with E-state index in [1.165, 1.54) is 4.88 Å². The number of benzene rings is 1. The molecule has 0 aliphatic heterocycles. The molecule has 7 heteroatoms. The summed E-state index contributed by atoms with van der Waals surface area (Å²) in [6.45, 7) is 0.614. The summed E-state index contributed by atoms with van der Waals surface area (Å²) in [5.74, 6) is 1.85. The molecule has 0 saturated carbocycles. The fourth-order valence-electron chi connectivity index (χ4n) is 1.55. The number of hydrogen-bond donors (Lipinski definition) is 2. The van der Waals surface area contributed by atoms with Crippen molar-refractivity contribution in [2.24, 2.45) is 0 Å². The molecular formula is C14H14Cl2N2OS2. The average Bonchev–Trinajstić information content (AvgIpc) is 2.96. The van der Waals surface area contributed by atoms with Crippen molar-refractivity contribution in [2.75, 3.05) is 17.6 Å². The maximum absolute atomic E-state index is 11.7. The number of thioether (sulfide) groups is 1. The van der Waals surface area contributed by atoms with Gasteiger partial charge in [0.25, 0.3) is 0 Å². The molecule has 1 aromatic carbocycles. The van der Waals surface area contributed by atoms with E-state index in [2.05, 4.69) is 22.1 Å². The number of carbonyl (C=O) groups excluding carboxylic acids is 1. The quantitative estimate of drug-likeness (QED) is 0.702. The fraction of sp³-hybridized carbons (Fsp3) is 0.214. The second-order valence-electron chi connectivity index (χ2n) is 4.14. The van der Waals surface area contributed by atoms with Gasteiger partial charge in [-0.05, 0) is 29.6 Å². The summed E-state index contributed by atoms with van der Waals surface area (Å²) in [5.41, 5.74) is 0.619. The number of thiophene rings is 1. The Balaban J connectivity index is 1.64. The Morgan fingerprint density at radius 2 is 2.10 bits per heavy atom. The molecule has 0 aliphatic carbocycles. The molecule has 1 aromatic heterocycles. The van der Waals surface area contributed by atoms with Gasteiger partial charge in [0, 0.05) is 28.6 Å². The van der Waals surface area contributed by atoms with Crippen LogP contribution < -0.4 is 10.6 Å². The summed E-state index contributed by atoms with van der Waals surface area (Å²) in [5, 5.41) is 8.47. The number of urea groups is 1. The minimum Gasteiger partial charge on any atom is -0.337 e. The third-order valence-corrected chi connectivity index (χ3v) is 5.34. The summed E-state index contributed by atoms with van der Waals surface area (Å²) < 4.78 is 0. The standard InChI is InChI=1S/C14H14Cl2N2OS2/c15-12-4-3-10(8-13(12)16)18-14(19)17-5-7-20-9-11-2-1-6-21-11/h1-4,6,8H,5,7,9H2,(H2,17,18,19). The maximum Gasteiger partial charge on any atom is 0.319 e. The molecular weight excluding hydrogens is 347 g/mol. The number of rotatable bonds is 6. The van der Waals surface area contributed by atoms with E-state index in [-0.39, 0.29) is 6.03 Å². The van der Waals surface area contributed by atoms with Crippen LogP contribution in [-0.2, 0) is 5.75 Å². The van der Waals surface area contributed by atoms with Crippen LogP contribution in [0.25, 0.3) is 0 Å². The number of carbonyl (C=O) groups is 1. The van der Waals surface area contributed by atoms with E-state index >= 15 is 0 Å². The average molecular weight is 361 g/mol. The zero-order valence-electron chi connectivity index (χ0n) is 11.1. The molecule has 2 N–H and O–H groups in total. The topological polar surface area (TPSA) is 41.1 Å². The molecule has 0 saturated heterocycles. The van der Waals surface area contributed by atoms with Gasteiger partial charge in [-0.1, -0.05) is 29.3 Å². The van der Waals surface area contributed by atoms with Gasteiger partial charge >= 0.3 is 6.03 Å². The lowest BCUT2D eigenvalue weighted by Crippen LogP contribution is -2.30. The largest absolute Gasteiger partial charge is 0.337 e. The first-order chi connectivity index (χ1) is 10.1. The highest BCUT2D eigenvalue weighted by molar-refractivity contribution is 7.98. The molecule has 2 rings (SSSR count). The van der Waals surface area contributed by atoms with E-state index in [1.54, 1.807) is 41.3 Å². The molecule has 2 aromatic rings. The minimum atomic E-state index is -0.245. The van der Waals surface area contributed by atoms with Crippen LogP contribution in [0.3, 0.4) is 0 Å². The molecule has 0 spiro atoms. The summed E-state index contributed by atoms with van der Waals surface area (Å²) in [6, 6.07) is 8.89. The summed E-state index contributed by atoms with van der Waals surface area (Å²) in [6.07, 6.45) is 0. The van der Waals surface area contributed by atoms with Crippen molar-refractivity contribution in [3.63, 3.8) is 0 Å². The zero-order valence-corrected chi connectivity index (χ0v) is 14.2. The summed E-state index contributed by atoms with van der Waals surface area (Å²) in [4.78, 5) is 13.0. The Kier molecular flexibility index (Phi) is 6.70. The number of halogens is 2. The van der Waals surface area contributed by atoms with Crippen molar-refractivity contribution < 1.29 is 4.79 Å². The molecule has 112 valence electrons. The number of anilines is 1. The van der Waals surface area contributed by atoms with Crippen LogP contribution in [0, 0.1) is 0 Å². The third-order valence-electron chi connectivity index (χ3n) is 2.53. The number of hydrogen-bond acceptors (Lipinski definition) is 3. The monoisotopic (exact) mass is 360 g/mol. The molecule has 0 aliphatic rings. The maximum atomic E-state index is 11.7. The molecule has 0 radical (unpaired) electrons. The Morgan fingerprint density at radius 1 is 1.24 bits per heavy atom. The molecule has 0 bridgehead atoms. The van der Waals surface area contributed by atoms with E-state index in [1.807, 2.05) is 6.07 Å². The van der Waals surface area contributed by atoms with Crippen molar-refractivity contribution in [1.29, 1.82) is 0 Å². The first-order valence-corrected chi connectivity index (χ1v) is 9.04. The molecule has 0 unspecified atom stereocenters. The van der Waals surface area contributed by atoms with Gasteiger partial charge in [-0.3, -0.25) is 0 Å². The Bertz CT molecular complexity index is 591. The minimum absolute atomic E-state index is 0.245. The van der Waals surface area contributed by atoms with Crippen LogP contribution in [-0.4, -0.2) is 18.3 Å². The van der Waals surface area contributed by atoms with Gasteiger partial charge in [0.15, 0.2) is 0 Å². The first-order valence-electron chi connectivity index (χ1n) is 6.25.